The van der Waals surface area contributed by atoms with Crippen LogP contribution in [0.4, 0.5) is 0 Å². The van der Waals surface area contributed by atoms with Crippen LogP contribution in [0.2, 0.25) is 0 Å². The Bertz CT molecular complexity index is 363. The second-order valence-electron chi connectivity index (χ2n) is 2.76. The second-order valence-corrected chi connectivity index (χ2v) is 4.27. The number of rotatable bonds is 3. The zero-order valence-electron chi connectivity index (χ0n) is 7.09. The maximum Gasteiger partial charge on any atom is 0.0732 e. The molecule has 0 atom stereocenters. The lowest BCUT2D eigenvalue weighted by Crippen LogP contribution is -1.77. The van der Waals surface area contributed by atoms with E-state index in [0.717, 1.165) is 5.75 Å². The van der Waals surface area contributed by atoms with E-state index < -0.39 is 0 Å². The standard InChI is InChI=1S/C10H10ClNS/c11-5-6-13-10-7-8-3-1-2-4-9(8)12-10/h1-4,7,12H,5-6H2. The van der Waals surface area contributed by atoms with Crippen molar-refractivity contribution >= 4 is 34.3 Å². The fraction of sp³-hybridized carbons (Fsp3) is 0.200. The lowest BCUT2D eigenvalue weighted by Gasteiger charge is -1.91. The molecule has 0 radical (unpaired) electrons. The number of hydrogen-bond acceptors (Lipinski definition) is 1. The van der Waals surface area contributed by atoms with E-state index in [2.05, 4.69) is 23.2 Å². The van der Waals surface area contributed by atoms with Crippen molar-refractivity contribution in [3.63, 3.8) is 0 Å². The molecule has 13 heavy (non-hydrogen) atoms. The van der Waals surface area contributed by atoms with Crippen LogP contribution >= 0.6 is 23.4 Å². The first-order chi connectivity index (χ1) is 6.40. The van der Waals surface area contributed by atoms with E-state index in [1.807, 2.05) is 12.1 Å². The molecule has 0 aliphatic heterocycles. The SMILES string of the molecule is ClCCSc1cc2ccccc2[nH]1. The van der Waals surface area contributed by atoms with Gasteiger partial charge in [-0.3, -0.25) is 0 Å². The summed E-state index contributed by atoms with van der Waals surface area (Å²) in [6.45, 7) is 0. The molecule has 0 unspecified atom stereocenters. The molecule has 0 saturated heterocycles. The number of aromatic amines is 1. The lowest BCUT2D eigenvalue weighted by molar-refractivity contribution is 1.24. The van der Waals surface area contributed by atoms with Crippen molar-refractivity contribution in [2.24, 2.45) is 0 Å². The number of hydrogen-bond donors (Lipinski definition) is 1. The molecule has 1 nitrogen and oxygen atoms in total. The molecular weight excluding hydrogens is 202 g/mol. The highest BCUT2D eigenvalue weighted by molar-refractivity contribution is 7.99. The fourth-order valence-electron chi connectivity index (χ4n) is 1.27. The minimum atomic E-state index is 0.694. The van der Waals surface area contributed by atoms with Gasteiger partial charge in [0.15, 0.2) is 0 Å². The molecule has 0 saturated carbocycles. The molecule has 2 rings (SSSR count). The van der Waals surface area contributed by atoms with Crippen LogP contribution in [-0.4, -0.2) is 16.6 Å². The van der Waals surface area contributed by atoms with Crippen molar-refractivity contribution in [3.8, 4) is 0 Å². The van der Waals surface area contributed by atoms with Crippen LogP contribution in [-0.2, 0) is 0 Å². The zero-order valence-corrected chi connectivity index (χ0v) is 8.66. The number of alkyl halides is 1. The maximum absolute atomic E-state index is 5.62. The summed E-state index contributed by atoms with van der Waals surface area (Å²) < 4.78 is 0. The van der Waals surface area contributed by atoms with E-state index in [4.69, 9.17) is 11.6 Å². The predicted octanol–water partition coefficient (Wildman–Crippen LogP) is 3.50. The number of aromatic nitrogens is 1. The summed E-state index contributed by atoms with van der Waals surface area (Å²) in [5.41, 5.74) is 1.19. The van der Waals surface area contributed by atoms with E-state index in [9.17, 15) is 0 Å². The van der Waals surface area contributed by atoms with Crippen molar-refractivity contribution < 1.29 is 0 Å². The minimum absolute atomic E-state index is 0.694. The smallest absolute Gasteiger partial charge is 0.0732 e. The van der Waals surface area contributed by atoms with Crippen molar-refractivity contribution in [3.05, 3.63) is 30.3 Å². The third-order valence-electron chi connectivity index (χ3n) is 1.84. The molecule has 0 amide bonds. The normalized spacial score (nSPS) is 10.8. The van der Waals surface area contributed by atoms with Crippen LogP contribution in [0.1, 0.15) is 0 Å². The summed E-state index contributed by atoms with van der Waals surface area (Å²) in [4.78, 5) is 3.33. The third kappa shape index (κ3) is 2.01. The molecule has 0 spiro atoms. The Kier molecular flexibility index (Phi) is 2.81. The Labute approximate surface area is 86.5 Å². The van der Waals surface area contributed by atoms with E-state index >= 15 is 0 Å². The lowest BCUT2D eigenvalue weighted by atomic mass is 10.3. The van der Waals surface area contributed by atoms with Crippen LogP contribution < -0.4 is 0 Å². The molecule has 1 heterocycles. The second kappa shape index (κ2) is 4.07. The Morgan fingerprint density at radius 1 is 1.31 bits per heavy atom. The minimum Gasteiger partial charge on any atom is -0.350 e. The summed E-state index contributed by atoms with van der Waals surface area (Å²) in [5.74, 6) is 1.65. The van der Waals surface area contributed by atoms with Gasteiger partial charge in [-0.05, 0) is 12.1 Å². The predicted molar refractivity (Wildman–Crippen MR) is 59.7 cm³/mol. The molecule has 1 N–H and O–H groups in total. The monoisotopic (exact) mass is 211 g/mol. The van der Waals surface area contributed by atoms with Crippen molar-refractivity contribution in [2.45, 2.75) is 5.03 Å². The number of nitrogens with one attached hydrogen (secondary N) is 1. The average molecular weight is 212 g/mol. The highest BCUT2D eigenvalue weighted by atomic mass is 35.5. The van der Waals surface area contributed by atoms with Crippen LogP contribution in [0.3, 0.4) is 0 Å². The Hall–Kier alpha value is -0.600. The molecule has 0 fully saturated rings. The topological polar surface area (TPSA) is 15.8 Å². The molecule has 1 aromatic carbocycles. The summed E-state index contributed by atoms with van der Waals surface area (Å²) in [5, 5.41) is 2.46. The van der Waals surface area contributed by atoms with Crippen LogP contribution in [0.25, 0.3) is 10.9 Å². The zero-order chi connectivity index (χ0) is 9.10. The van der Waals surface area contributed by atoms with Gasteiger partial charge in [-0.1, -0.05) is 18.2 Å². The van der Waals surface area contributed by atoms with E-state index in [0.29, 0.717) is 5.88 Å². The van der Waals surface area contributed by atoms with Gasteiger partial charge in [0.05, 0.1) is 5.03 Å². The van der Waals surface area contributed by atoms with Gasteiger partial charge in [-0.2, -0.15) is 0 Å². The van der Waals surface area contributed by atoms with Gasteiger partial charge in [-0.25, -0.2) is 0 Å². The van der Waals surface area contributed by atoms with Crippen LogP contribution in [0, 0.1) is 0 Å². The number of H-pyrrole nitrogens is 1. The van der Waals surface area contributed by atoms with Crippen molar-refractivity contribution in [2.75, 3.05) is 11.6 Å². The first-order valence-electron chi connectivity index (χ1n) is 4.16. The summed E-state index contributed by atoms with van der Waals surface area (Å²) in [6.07, 6.45) is 0. The van der Waals surface area contributed by atoms with E-state index in [1.54, 1.807) is 11.8 Å². The first kappa shape index (κ1) is 8.97. The van der Waals surface area contributed by atoms with Gasteiger partial charge in [0.1, 0.15) is 0 Å². The molecule has 0 aliphatic carbocycles. The highest BCUT2D eigenvalue weighted by Crippen LogP contribution is 2.22. The number of halogens is 1. The van der Waals surface area contributed by atoms with E-state index in [-0.39, 0.29) is 0 Å². The first-order valence-corrected chi connectivity index (χ1v) is 5.68. The van der Waals surface area contributed by atoms with Crippen LogP contribution in [0.5, 0.6) is 0 Å². The Morgan fingerprint density at radius 3 is 2.92 bits per heavy atom. The molecule has 0 aliphatic rings. The average Bonchev–Trinajstić information content (AvgIpc) is 2.57. The maximum atomic E-state index is 5.62. The highest BCUT2D eigenvalue weighted by Gasteiger charge is 1.98. The summed E-state index contributed by atoms with van der Waals surface area (Å²) in [7, 11) is 0. The van der Waals surface area contributed by atoms with Gasteiger partial charge < -0.3 is 4.98 Å². The summed E-state index contributed by atoms with van der Waals surface area (Å²) in [6, 6.07) is 10.4. The Balaban J connectivity index is 2.28. The largest absolute Gasteiger partial charge is 0.350 e. The quantitative estimate of drug-likeness (QED) is 0.607. The van der Waals surface area contributed by atoms with Gasteiger partial charge in [-0.15, -0.1) is 23.4 Å². The molecule has 68 valence electrons. The summed E-state index contributed by atoms with van der Waals surface area (Å²) >= 11 is 7.37. The number of thioether (sulfide) groups is 1. The van der Waals surface area contributed by atoms with Gasteiger partial charge in [0, 0.05) is 22.5 Å². The molecular formula is C10H10ClNS. The Morgan fingerprint density at radius 2 is 2.15 bits per heavy atom. The number of para-hydroxylation sites is 1. The molecule has 2 aromatic rings. The van der Waals surface area contributed by atoms with Crippen LogP contribution in [0.15, 0.2) is 35.4 Å². The molecule has 3 heteroatoms. The fourth-order valence-corrected chi connectivity index (χ4v) is 2.19. The molecule has 1 aromatic heterocycles. The van der Waals surface area contributed by atoms with Gasteiger partial charge in [0.25, 0.3) is 0 Å². The number of fused-ring (bicyclic) bond motifs is 1. The van der Waals surface area contributed by atoms with Gasteiger partial charge >= 0.3 is 0 Å². The number of benzene rings is 1. The van der Waals surface area contributed by atoms with Gasteiger partial charge in [0.2, 0.25) is 0 Å². The third-order valence-corrected chi connectivity index (χ3v) is 3.19. The molecule has 0 bridgehead atoms. The van der Waals surface area contributed by atoms with Crippen molar-refractivity contribution in [1.82, 2.24) is 4.98 Å². The van der Waals surface area contributed by atoms with Crippen molar-refractivity contribution in [1.29, 1.82) is 0 Å². The van der Waals surface area contributed by atoms with E-state index in [1.165, 1.54) is 15.9 Å².